The van der Waals surface area contributed by atoms with Gasteiger partial charge in [-0.1, -0.05) is 23.7 Å². The van der Waals surface area contributed by atoms with Crippen molar-refractivity contribution < 1.29 is 27.9 Å². The lowest BCUT2D eigenvalue weighted by Gasteiger charge is -2.18. The number of nitrogens with zero attached hydrogens (tertiary/aromatic N) is 2. The van der Waals surface area contributed by atoms with E-state index in [0.717, 1.165) is 4.90 Å². The fourth-order valence-electron chi connectivity index (χ4n) is 2.51. The molecular formula is C16H11ClN2O6S. The first kappa shape index (κ1) is 17.9. The summed E-state index contributed by atoms with van der Waals surface area (Å²) in [6.07, 6.45) is 0. The van der Waals surface area contributed by atoms with E-state index in [-0.39, 0.29) is 20.5 Å². The predicted molar refractivity (Wildman–Crippen MR) is 91.6 cm³/mol. The second-order valence-electron chi connectivity index (χ2n) is 5.31. The van der Waals surface area contributed by atoms with Crippen molar-refractivity contribution in [2.75, 3.05) is 11.4 Å². The van der Waals surface area contributed by atoms with E-state index >= 15 is 0 Å². The highest BCUT2D eigenvalue weighted by atomic mass is 35.5. The first-order chi connectivity index (χ1) is 12.2. The van der Waals surface area contributed by atoms with Gasteiger partial charge in [0.15, 0.2) is 0 Å². The third-order valence-electron chi connectivity index (χ3n) is 3.70. The van der Waals surface area contributed by atoms with Gasteiger partial charge in [-0.2, -0.15) is 0 Å². The fraction of sp³-hybridized carbons (Fsp3) is 0.0625. The van der Waals surface area contributed by atoms with E-state index in [4.69, 9.17) is 11.6 Å². The Bertz CT molecular complexity index is 1020. The van der Waals surface area contributed by atoms with Crippen LogP contribution in [-0.4, -0.2) is 42.3 Å². The van der Waals surface area contributed by atoms with Gasteiger partial charge >= 0.3 is 12.0 Å². The number of carbonyl (C=O) groups is 3. The van der Waals surface area contributed by atoms with Gasteiger partial charge in [-0.15, -0.1) is 4.31 Å². The lowest BCUT2D eigenvalue weighted by Crippen LogP contribution is -2.38. The average molecular weight is 395 g/mol. The highest BCUT2D eigenvalue weighted by Gasteiger charge is 2.46. The van der Waals surface area contributed by atoms with Gasteiger partial charge in [0.2, 0.25) is 0 Å². The van der Waals surface area contributed by atoms with Crippen LogP contribution in [-0.2, 0) is 14.8 Å². The van der Waals surface area contributed by atoms with Crippen molar-refractivity contribution in [1.82, 2.24) is 4.31 Å². The number of benzene rings is 2. The number of aromatic carboxylic acids is 1. The molecule has 0 radical (unpaired) electrons. The zero-order valence-corrected chi connectivity index (χ0v) is 14.6. The van der Waals surface area contributed by atoms with Gasteiger partial charge in [0, 0.05) is 5.02 Å². The van der Waals surface area contributed by atoms with Crippen molar-refractivity contribution >= 4 is 45.2 Å². The molecule has 1 saturated heterocycles. The van der Waals surface area contributed by atoms with E-state index in [1.807, 2.05) is 0 Å². The summed E-state index contributed by atoms with van der Waals surface area (Å²) in [6, 6.07) is 9.36. The molecule has 134 valence electrons. The molecule has 0 aromatic heterocycles. The first-order valence-electron chi connectivity index (χ1n) is 7.21. The Morgan fingerprint density at radius 2 is 1.65 bits per heavy atom. The number of carboxylic acids is 1. The zero-order valence-electron chi connectivity index (χ0n) is 13.0. The lowest BCUT2D eigenvalue weighted by atomic mass is 10.1. The number of rotatable bonds is 4. The minimum atomic E-state index is -4.44. The molecular weight excluding hydrogens is 384 g/mol. The van der Waals surface area contributed by atoms with Crippen LogP contribution in [0.1, 0.15) is 10.4 Å². The Balaban J connectivity index is 2.03. The van der Waals surface area contributed by atoms with E-state index in [1.54, 1.807) is 0 Å². The van der Waals surface area contributed by atoms with E-state index in [9.17, 15) is 27.9 Å². The molecule has 0 aliphatic carbocycles. The highest BCUT2D eigenvalue weighted by Crippen LogP contribution is 2.29. The van der Waals surface area contributed by atoms with Gasteiger partial charge < -0.3 is 5.11 Å². The summed E-state index contributed by atoms with van der Waals surface area (Å²) >= 11 is 5.72. The van der Waals surface area contributed by atoms with Gasteiger partial charge in [-0.3, -0.25) is 9.69 Å². The Labute approximate surface area is 153 Å². The van der Waals surface area contributed by atoms with Gasteiger partial charge in [-0.25, -0.2) is 18.0 Å². The molecule has 1 fully saturated rings. The number of imide groups is 1. The number of halogens is 1. The molecule has 0 atom stereocenters. The van der Waals surface area contributed by atoms with Crippen LogP contribution in [0, 0.1) is 0 Å². The van der Waals surface area contributed by atoms with Crippen molar-refractivity contribution in [3.05, 3.63) is 59.1 Å². The molecule has 2 aromatic rings. The van der Waals surface area contributed by atoms with Crippen LogP contribution in [0.2, 0.25) is 5.02 Å². The molecule has 1 heterocycles. The van der Waals surface area contributed by atoms with E-state index in [0.29, 0.717) is 5.02 Å². The Hall–Kier alpha value is -2.91. The third-order valence-corrected chi connectivity index (χ3v) is 5.66. The number of hydrogen-bond acceptors (Lipinski definition) is 5. The van der Waals surface area contributed by atoms with Crippen LogP contribution in [0.15, 0.2) is 53.4 Å². The second-order valence-corrected chi connectivity index (χ2v) is 7.53. The zero-order chi connectivity index (χ0) is 19.1. The average Bonchev–Trinajstić information content (AvgIpc) is 2.90. The van der Waals surface area contributed by atoms with Crippen molar-refractivity contribution in [1.29, 1.82) is 0 Å². The number of anilines is 1. The SMILES string of the molecule is O=C(O)c1ccccc1N1CC(=O)N(S(=O)(=O)c2ccc(Cl)cc2)C1=O. The minimum absolute atomic E-state index is 0.0628. The van der Waals surface area contributed by atoms with Gasteiger partial charge in [0.1, 0.15) is 6.54 Å². The maximum absolute atomic E-state index is 12.7. The van der Waals surface area contributed by atoms with E-state index in [2.05, 4.69) is 0 Å². The molecule has 26 heavy (non-hydrogen) atoms. The lowest BCUT2D eigenvalue weighted by molar-refractivity contribution is -0.121. The fourth-order valence-corrected chi connectivity index (χ4v) is 3.96. The van der Waals surface area contributed by atoms with Crippen LogP contribution >= 0.6 is 11.6 Å². The third kappa shape index (κ3) is 2.91. The Morgan fingerprint density at radius 1 is 1.04 bits per heavy atom. The molecule has 10 heteroatoms. The Morgan fingerprint density at radius 3 is 2.27 bits per heavy atom. The molecule has 3 amide bonds. The molecule has 0 bridgehead atoms. The van der Waals surface area contributed by atoms with E-state index < -0.39 is 34.5 Å². The molecule has 1 aliphatic heterocycles. The van der Waals surface area contributed by atoms with E-state index in [1.165, 1.54) is 48.5 Å². The normalized spacial score (nSPS) is 14.8. The predicted octanol–water partition coefficient (Wildman–Crippen LogP) is 2.20. The van der Waals surface area contributed by atoms with Gasteiger partial charge in [0.05, 0.1) is 16.1 Å². The minimum Gasteiger partial charge on any atom is -0.478 e. The monoisotopic (exact) mass is 394 g/mol. The standard InChI is InChI=1S/C16H11ClN2O6S/c17-10-5-7-11(8-6-10)26(24,25)19-14(20)9-18(16(19)23)13-4-2-1-3-12(13)15(21)22/h1-8H,9H2,(H,21,22). The van der Waals surface area contributed by atoms with Crippen molar-refractivity contribution in [2.24, 2.45) is 0 Å². The molecule has 1 N–H and O–H groups in total. The topological polar surface area (TPSA) is 112 Å². The smallest absolute Gasteiger partial charge is 0.346 e. The summed E-state index contributed by atoms with van der Waals surface area (Å²) in [5.74, 6) is -2.29. The quantitative estimate of drug-likeness (QED) is 0.795. The van der Waals surface area contributed by atoms with Crippen molar-refractivity contribution in [3.8, 4) is 0 Å². The van der Waals surface area contributed by atoms with Crippen LogP contribution in [0.4, 0.5) is 10.5 Å². The number of carbonyl (C=O) groups excluding carboxylic acids is 2. The first-order valence-corrected chi connectivity index (χ1v) is 9.03. The summed E-state index contributed by atoms with van der Waals surface area (Å²) in [5.41, 5.74) is -0.286. The molecule has 3 rings (SSSR count). The number of carboxylic acid groups (broad SMARTS) is 1. The molecule has 0 unspecified atom stereocenters. The van der Waals surface area contributed by atoms with Gasteiger partial charge in [0.25, 0.3) is 15.9 Å². The molecule has 0 saturated carbocycles. The van der Waals surface area contributed by atoms with Crippen LogP contribution in [0.25, 0.3) is 0 Å². The summed E-state index contributed by atoms with van der Waals surface area (Å²) in [7, 11) is -4.44. The van der Waals surface area contributed by atoms with Crippen molar-refractivity contribution in [2.45, 2.75) is 4.90 Å². The number of para-hydroxylation sites is 1. The number of hydrogen-bond donors (Lipinski definition) is 1. The molecule has 2 aromatic carbocycles. The maximum Gasteiger partial charge on any atom is 0.346 e. The molecule has 8 nitrogen and oxygen atoms in total. The van der Waals surface area contributed by atoms with Crippen molar-refractivity contribution in [3.63, 3.8) is 0 Å². The second kappa shape index (κ2) is 6.43. The van der Waals surface area contributed by atoms with Crippen LogP contribution < -0.4 is 4.90 Å². The largest absolute Gasteiger partial charge is 0.478 e. The summed E-state index contributed by atoms with van der Waals surface area (Å²) in [6.45, 7) is -0.587. The summed E-state index contributed by atoms with van der Waals surface area (Å²) in [5, 5.41) is 9.53. The van der Waals surface area contributed by atoms with Crippen LogP contribution in [0.3, 0.4) is 0 Å². The Kier molecular flexibility index (Phi) is 4.43. The molecule has 0 spiro atoms. The summed E-state index contributed by atoms with van der Waals surface area (Å²) in [4.78, 5) is 36.7. The molecule has 1 aliphatic rings. The number of amides is 3. The number of sulfonamides is 1. The summed E-state index contributed by atoms with van der Waals surface area (Å²) < 4.78 is 25.5. The van der Waals surface area contributed by atoms with Gasteiger partial charge in [-0.05, 0) is 36.4 Å². The maximum atomic E-state index is 12.7. The highest BCUT2D eigenvalue weighted by molar-refractivity contribution is 7.90. The van der Waals surface area contributed by atoms with Crippen LogP contribution in [0.5, 0.6) is 0 Å². The number of urea groups is 1.